The molecular formula is C39H51FN4O. The Hall–Kier alpha value is -3.32. The van der Waals surface area contributed by atoms with Gasteiger partial charge < -0.3 is 14.6 Å². The lowest BCUT2D eigenvalue weighted by molar-refractivity contribution is 0.0728. The molecule has 5 nitrogen and oxygen atoms in total. The first-order chi connectivity index (χ1) is 22.0. The Bertz CT molecular complexity index is 1410. The molecule has 1 aromatic heterocycles. The molecule has 4 aromatic rings. The fourth-order valence-corrected chi connectivity index (χ4v) is 7.38. The Balaban J connectivity index is 1.34. The monoisotopic (exact) mass is 610 g/mol. The predicted octanol–water partition coefficient (Wildman–Crippen LogP) is 8.23. The first kappa shape index (κ1) is 33.1. The van der Waals surface area contributed by atoms with Crippen molar-refractivity contribution in [3.05, 3.63) is 125 Å². The molecule has 0 amide bonds. The number of hydrogen-bond acceptors (Lipinski definition) is 5. The summed E-state index contributed by atoms with van der Waals surface area (Å²) < 4.78 is 20.5. The second-order valence-electron chi connectivity index (χ2n) is 12.8. The summed E-state index contributed by atoms with van der Waals surface area (Å²) in [7, 11) is 4.30. The summed E-state index contributed by atoms with van der Waals surface area (Å²) in [5.41, 5.74) is 4.82. The van der Waals surface area contributed by atoms with Gasteiger partial charge in [0.1, 0.15) is 11.6 Å². The molecule has 6 heteroatoms. The lowest BCUT2D eigenvalue weighted by atomic mass is 9.73. The van der Waals surface area contributed by atoms with Gasteiger partial charge in [0.2, 0.25) is 5.89 Å². The third-order valence-electron chi connectivity index (χ3n) is 9.66. The molecule has 0 radical (unpaired) electrons. The fraction of sp³-hybridized carbons (Fsp3) is 0.462. The standard InChI is InChI=1S/C39H51FN4O/c1-5-44(6-2)38(33-19-17-31(18-20-33)37(43(3)4)32-21-23-34(40)24-22-32)39-42-35(27-30-15-11-8-12-16-30)36(45-39)28-41-26-25-29-13-9-7-10-14-29/h7-16,21-24,31,33,37-38,41H,5-6,17-20,25-28H2,1-4H3. The smallest absolute Gasteiger partial charge is 0.212 e. The summed E-state index contributed by atoms with van der Waals surface area (Å²) in [6.45, 7) is 7.96. The molecule has 45 heavy (non-hydrogen) atoms. The molecule has 5 rings (SSSR count). The van der Waals surface area contributed by atoms with E-state index < -0.39 is 0 Å². The zero-order valence-electron chi connectivity index (χ0n) is 27.6. The third kappa shape index (κ3) is 8.69. The molecule has 3 aromatic carbocycles. The van der Waals surface area contributed by atoms with Gasteiger partial charge in [-0.25, -0.2) is 9.37 Å². The second-order valence-corrected chi connectivity index (χ2v) is 12.8. The second kappa shape index (κ2) is 16.3. The highest BCUT2D eigenvalue weighted by Gasteiger charge is 2.38. The van der Waals surface area contributed by atoms with E-state index in [4.69, 9.17) is 9.40 Å². The number of oxazole rings is 1. The third-order valence-corrected chi connectivity index (χ3v) is 9.66. The maximum atomic E-state index is 13.7. The van der Waals surface area contributed by atoms with Crippen LogP contribution in [0.15, 0.2) is 89.3 Å². The maximum Gasteiger partial charge on any atom is 0.212 e. The number of aromatic nitrogens is 1. The Morgan fingerprint density at radius 2 is 1.38 bits per heavy atom. The molecule has 1 aliphatic carbocycles. The van der Waals surface area contributed by atoms with Gasteiger partial charge in [-0.2, -0.15) is 0 Å². The molecule has 0 saturated heterocycles. The summed E-state index contributed by atoms with van der Waals surface area (Å²) >= 11 is 0. The quantitative estimate of drug-likeness (QED) is 0.137. The zero-order chi connectivity index (χ0) is 31.6. The first-order valence-electron chi connectivity index (χ1n) is 16.9. The van der Waals surface area contributed by atoms with Gasteiger partial charge in [-0.05, 0) is 106 Å². The highest BCUT2D eigenvalue weighted by Crippen LogP contribution is 2.45. The molecular weight excluding hydrogens is 559 g/mol. The zero-order valence-corrected chi connectivity index (χ0v) is 27.6. The molecule has 0 spiro atoms. The lowest BCUT2D eigenvalue weighted by Gasteiger charge is -2.41. The molecule has 2 atom stereocenters. The average molecular weight is 611 g/mol. The molecule has 1 aliphatic rings. The van der Waals surface area contributed by atoms with E-state index >= 15 is 0 Å². The minimum absolute atomic E-state index is 0.150. The van der Waals surface area contributed by atoms with Crippen LogP contribution in [0.3, 0.4) is 0 Å². The van der Waals surface area contributed by atoms with Gasteiger partial charge in [-0.15, -0.1) is 0 Å². The highest BCUT2D eigenvalue weighted by atomic mass is 19.1. The van der Waals surface area contributed by atoms with Gasteiger partial charge >= 0.3 is 0 Å². The van der Waals surface area contributed by atoms with Gasteiger partial charge in [-0.3, -0.25) is 4.90 Å². The number of hydrogen-bond donors (Lipinski definition) is 1. The van der Waals surface area contributed by atoms with Gasteiger partial charge in [0.05, 0.1) is 18.3 Å². The Morgan fingerprint density at radius 3 is 1.96 bits per heavy atom. The van der Waals surface area contributed by atoms with Gasteiger partial charge in [0.25, 0.3) is 0 Å². The van der Waals surface area contributed by atoms with Crippen LogP contribution in [0, 0.1) is 17.7 Å². The van der Waals surface area contributed by atoms with Crippen molar-refractivity contribution in [2.75, 3.05) is 33.7 Å². The number of benzene rings is 3. The van der Waals surface area contributed by atoms with E-state index in [1.54, 1.807) is 12.1 Å². The summed E-state index contributed by atoms with van der Waals surface area (Å²) in [6, 6.07) is 28.8. The topological polar surface area (TPSA) is 44.5 Å². The van der Waals surface area contributed by atoms with Crippen molar-refractivity contribution in [2.45, 2.75) is 71.0 Å². The van der Waals surface area contributed by atoms with Crippen LogP contribution < -0.4 is 5.32 Å². The number of halogens is 1. The van der Waals surface area contributed by atoms with Crippen LogP contribution in [0.2, 0.25) is 0 Å². The van der Waals surface area contributed by atoms with E-state index in [0.29, 0.717) is 18.4 Å². The summed E-state index contributed by atoms with van der Waals surface area (Å²) in [5.74, 6) is 2.65. The molecule has 1 N–H and O–H groups in total. The largest absolute Gasteiger partial charge is 0.442 e. The molecule has 1 fully saturated rings. The van der Waals surface area contributed by atoms with Crippen molar-refractivity contribution < 1.29 is 8.81 Å². The molecule has 0 bridgehead atoms. The van der Waals surface area contributed by atoms with Gasteiger partial charge in [-0.1, -0.05) is 86.6 Å². The van der Waals surface area contributed by atoms with E-state index in [1.165, 1.54) is 16.7 Å². The minimum Gasteiger partial charge on any atom is -0.442 e. The number of rotatable bonds is 15. The van der Waals surface area contributed by atoms with Crippen molar-refractivity contribution in [1.82, 2.24) is 20.1 Å². The molecule has 240 valence electrons. The van der Waals surface area contributed by atoms with Crippen LogP contribution in [0.5, 0.6) is 0 Å². The number of nitrogens with one attached hydrogen (secondary N) is 1. The van der Waals surface area contributed by atoms with Crippen molar-refractivity contribution in [3.8, 4) is 0 Å². The van der Waals surface area contributed by atoms with E-state index in [1.807, 2.05) is 12.1 Å². The van der Waals surface area contributed by atoms with Crippen LogP contribution in [0.4, 0.5) is 4.39 Å². The van der Waals surface area contributed by atoms with Crippen molar-refractivity contribution in [3.63, 3.8) is 0 Å². The van der Waals surface area contributed by atoms with Crippen LogP contribution in [0.25, 0.3) is 0 Å². The van der Waals surface area contributed by atoms with Gasteiger partial charge in [0, 0.05) is 12.5 Å². The van der Waals surface area contributed by atoms with Crippen molar-refractivity contribution >= 4 is 0 Å². The normalized spacial score (nSPS) is 18.4. The van der Waals surface area contributed by atoms with E-state index in [2.05, 4.69) is 104 Å². The Morgan fingerprint density at radius 1 is 0.800 bits per heavy atom. The van der Waals surface area contributed by atoms with E-state index in [0.717, 1.165) is 75.5 Å². The molecule has 1 heterocycles. The lowest BCUT2D eigenvalue weighted by Crippen LogP contribution is -2.37. The maximum absolute atomic E-state index is 13.7. The van der Waals surface area contributed by atoms with E-state index in [9.17, 15) is 4.39 Å². The van der Waals surface area contributed by atoms with Crippen LogP contribution in [-0.4, -0.2) is 48.5 Å². The highest BCUT2D eigenvalue weighted by molar-refractivity contribution is 5.25. The minimum atomic E-state index is -0.176. The summed E-state index contributed by atoms with van der Waals surface area (Å²) in [6.07, 6.45) is 6.26. The van der Waals surface area contributed by atoms with Crippen LogP contribution in [-0.2, 0) is 19.4 Å². The SMILES string of the molecule is CCN(CC)C(c1nc(Cc2ccccc2)c(CNCCc2ccccc2)o1)C1CCC(C(c2ccc(F)cc2)N(C)C)CC1. The first-order valence-corrected chi connectivity index (χ1v) is 16.9. The van der Waals surface area contributed by atoms with Crippen molar-refractivity contribution in [1.29, 1.82) is 0 Å². The summed E-state index contributed by atoms with van der Waals surface area (Å²) in [5, 5.41) is 3.64. The average Bonchev–Trinajstić information content (AvgIpc) is 3.45. The Kier molecular flexibility index (Phi) is 12.0. The van der Waals surface area contributed by atoms with Crippen LogP contribution >= 0.6 is 0 Å². The van der Waals surface area contributed by atoms with Gasteiger partial charge in [0.15, 0.2) is 0 Å². The molecule has 1 saturated carbocycles. The predicted molar refractivity (Wildman–Crippen MR) is 182 cm³/mol. The molecule has 0 aliphatic heterocycles. The summed E-state index contributed by atoms with van der Waals surface area (Å²) in [4.78, 5) is 10.1. The number of nitrogens with zero attached hydrogens (tertiary/aromatic N) is 3. The molecule has 2 unspecified atom stereocenters. The van der Waals surface area contributed by atoms with E-state index in [-0.39, 0.29) is 17.9 Å². The Labute approximate surface area is 269 Å². The van der Waals surface area contributed by atoms with Crippen molar-refractivity contribution in [2.24, 2.45) is 11.8 Å². The van der Waals surface area contributed by atoms with Crippen LogP contribution in [0.1, 0.15) is 85.6 Å². The fourth-order valence-electron chi connectivity index (χ4n) is 7.38.